The van der Waals surface area contributed by atoms with Crippen LogP contribution < -0.4 is 19.7 Å². The van der Waals surface area contributed by atoms with Gasteiger partial charge >= 0.3 is 0 Å². The second kappa shape index (κ2) is 6.63. The molecular weight excluding hydrogens is 304 g/mol. The summed E-state index contributed by atoms with van der Waals surface area (Å²) in [5, 5.41) is 3.16. The van der Waals surface area contributed by atoms with E-state index in [1.807, 2.05) is 6.07 Å². The Labute approximate surface area is 143 Å². The first-order valence-corrected chi connectivity index (χ1v) is 9.28. The quantitative estimate of drug-likeness (QED) is 0.873. The number of likely N-dealkylation sites (tertiary alicyclic amines) is 1. The Morgan fingerprint density at radius 2 is 1.96 bits per heavy atom. The van der Waals surface area contributed by atoms with Crippen LogP contribution in [-0.2, 0) is 4.79 Å². The number of hydrogen-bond donors (Lipinski definition) is 2. The van der Waals surface area contributed by atoms with E-state index in [2.05, 4.69) is 24.4 Å². The summed E-state index contributed by atoms with van der Waals surface area (Å²) in [6.07, 6.45) is 5.48. The van der Waals surface area contributed by atoms with Gasteiger partial charge in [-0.15, -0.1) is 0 Å². The lowest BCUT2D eigenvalue weighted by Crippen LogP contribution is -3.15. The standard InChI is InChI=1S/C19H26N2O3/c1-13(19(22)20-15-6-7-15)21-9-2-4-16(21)14-5-8-17-18(12-14)24-11-3-10-23-17/h5,8,12-13,15-16H,2-4,6-7,9-11H2,1H3,(H,20,22)/p+1/t13-,16-/m1/s1. The third kappa shape index (κ3) is 3.22. The minimum absolute atomic E-state index is 0.00548. The maximum Gasteiger partial charge on any atom is 0.278 e. The van der Waals surface area contributed by atoms with E-state index in [4.69, 9.17) is 9.47 Å². The van der Waals surface area contributed by atoms with E-state index in [1.54, 1.807) is 0 Å². The molecule has 0 radical (unpaired) electrons. The molecule has 1 saturated carbocycles. The summed E-state index contributed by atoms with van der Waals surface area (Å²) in [6.45, 7) is 4.54. The number of carbonyl (C=O) groups excluding carboxylic acids is 1. The van der Waals surface area contributed by atoms with E-state index in [0.29, 0.717) is 25.3 Å². The summed E-state index contributed by atoms with van der Waals surface area (Å²) in [5.74, 6) is 1.90. The van der Waals surface area contributed by atoms with Crippen LogP contribution >= 0.6 is 0 Å². The predicted molar refractivity (Wildman–Crippen MR) is 90.5 cm³/mol. The van der Waals surface area contributed by atoms with E-state index >= 15 is 0 Å². The van der Waals surface area contributed by atoms with E-state index in [0.717, 1.165) is 50.1 Å². The SMILES string of the molecule is C[C@H](C(=O)NC1CC1)[NH+]1CCC[C@@H]1c1ccc2c(c1)OCCCO2. The molecule has 130 valence electrons. The van der Waals surface area contributed by atoms with Crippen LogP contribution in [0.25, 0.3) is 0 Å². The molecule has 1 amide bonds. The number of carbonyl (C=O) groups is 1. The smallest absolute Gasteiger partial charge is 0.278 e. The van der Waals surface area contributed by atoms with Gasteiger partial charge in [-0.05, 0) is 38.0 Å². The maximum absolute atomic E-state index is 12.5. The summed E-state index contributed by atoms with van der Waals surface area (Å²) < 4.78 is 11.6. The summed E-state index contributed by atoms with van der Waals surface area (Å²) in [7, 11) is 0. The third-order valence-electron chi connectivity index (χ3n) is 5.45. The largest absolute Gasteiger partial charge is 0.490 e. The molecule has 3 aliphatic rings. The molecular formula is C19H27N2O3+. The summed E-state index contributed by atoms with van der Waals surface area (Å²) in [6, 6.07) is 7.09. The van der Waals surface area contributed by atoms with Crippen molar-refractivity contribution in [3.8, 4) is 11.5 Å². The van der Waals surface area contributed by atoms with Gasteiger partial charge in [-0.25, -0.2) is 0 Å². The second-order valence-corrected chi connectivity index (χ2v) is 7.28. The number of amides is 1. The lowest BCUT2D eigenvalue weighted by Gasteiger charge is -2.27. The monoisotopic (exact) mass is 331 g/mol. The average Bonchev–Trinajstić information content (AvgIpc) is 3.32. The molecule has 1 aromatic rings. The fourth-order valence-corrected chi connectivity index (χ4v) is 3.89. The highest BCUT2D eigenvalue weighted by Crippen LogP contribution is 2.33. The van der Waals surface area contributed by atoms with Crippen LogP contribution in [0.3, 0.4) is 0 Å². The van der Waals surface area contributed by atoms with Crippen molar-refractivity contribution in [2.75, 3.05) is 19.8 Å². The van der Waals surface area contributed by atoms with E-state index in [1.165, 1.54) is 10.5 Å². The van der Waals surface area contributed by atoms with Gasteiger partial charge in [-0.3, -0.25) is 4.79 Å². The Morgan fingerprint density at radius 3 is 2.75 bits per heavy atom. The van der Waals surface area contributed by atoms with Gasteiger partial charge < -0.3 is 19.7 Å². The van der Waals surface area contributed by atoms with E-state index < -0.39 is 0 Å². The number of quaternary nitrogens is 1. The highest BCUT2D eigenvalue weighted by Gasteiger charge is 2.38. The van der Waals surface area contributed by atoms with Crippen LogP contribution in [0.4, 0.5) is 0 Å². The molecule has 2 aliphatic heterocycles. The van der Waals surface area contributed by atoms with Crippen molar-refractivity contribution in [2.45, 2.75) is 57.2 Å². The Balaban J connectivity index is 1.51. The molecule has 1 saturated heterocycles. The summed E-state index contributed by atoms with van der Waals surface area (Å²) in [4.78, 5) is 13.8. The average molecular weight is 331 g/mol. The molecule has 3 atom stereocenters. The van der Waals surface area contributed by atoms with Crippen LogP contribution in [0.15, 0.2) is 18.2 Å². The van der Waals surface area contributed by atoms with Gasteiger partial charge in [0.1, 0.15) is 6.04 Å². The first-order valence-electron chi connectivity index (χ1n) is 9.28. The van der Waals surface area contributed by atoms with Crippen molar-refractivity contribution >= 4 is 5.91 Å². The number of nitrogens with one attached hydrogen (secondary N) is 2. The minimum Gasteiger partial charge on any atom is -0.490 e. The molecule has 0 spiro atoms. The van der Waals surface area contributed by atoms with Gasteiger partial charge in [0, 0.05) is 30.9 Å². The molecule has 0 bridgehead atoms. The van der Waals surface area contributed by atoms with Crippen LogP contribution in [-0.4, -0.2) is 37.7 Å². The summed E-state index contributed by atoms with van der Waals surface area (Å²) >= 11 is 0. The van der Waals surface area contributed by atoms with Gasteiger partial charge in [0.15, 0.2) is 17.5 Å². The first kappa shape index (κ1) is 15.8. The van der Waals surface area contributed by atoms with Gasteiger partial charge in [-0.2, -0.15) is 0 Å². The summed E-state index contributed by atoms with van der Waals surface area (Å²) in [5.41, 5.74) is 1.26. The zero-order valence-corrected chi connectivity index (χ0v) is 14.3. The van der Waals surface area contributed by atoms with Crippen LogP contribution in [0.1, 0.15) is 50.6 Å². The number of ether oxygens (including phenoxy) is 2. The zero-order chi connectivity index (χ0) is 16.5. The van der Waals surface area contributed by atoms with Crippen LogP contribution in [0.2, 0.25) is 0 Å². The van der Waals surface area contributed by atoms with Crippen molar-refractivity contribution in [3.05, 3.63) is 23.8 Å². The Morgan fingerprint density at radius 1 is 1.17 bits per heavy atom. The number of rotatable bonds is 4. The minimum atomic E-state index is -0.00548. The van der Waals surface area contributed by atoms with Crippen molar-refractivity contribution < 1.29 is 19.2 Å². The first-order chi connectivity index (χ1) is 11.7. The molecule has 0 aromatic heterocycles. The second-order valence-electron chi connectivity index (χ2n) is 7.28. The normalized spacial score (nSPS) is 27.4. The number of fused-ring (bicyclic) bond motifs is 1. The molecule has 1 aliphatic carbocycles. The highest BCUT2D eigenvalue weighted by atomic mass is 16.5. The molecule has 2 heterocycles. The number of benzene rings is 1. The van der Waals surface area contributed by atoms with E-state index in [-0.39, 0.29) is 11.9 Å². The fraction of sp³-hybridized carbons (Fsp3) is 0.632. The maximum atomic E-state index is 12.5. The lowest BCUT2D eigenvalue weighted by atomic mass is 10.0. The van der Waals surface area contributed by atoms with Crippen molar-refractivity contribution in [2.24, 2.45) is 0 Å². The molecule has 1 aromatic carbocycles. The molecule has 1 unspecified atom stereocenters. The molecule has 5 heteroatoms. The van der Waals surface area contributed by atoms with Gasteiger partial charge in [-0.1, -0.05) is 0 Å². The van der Waals surface area contributed by atoms with Crippen molar-refractivity contribution in [3.63, 3.8) is 0 Å². The van der Waals surface area contributed by atoms with Crippen molar-refractivity contribution in [1.29, 1.82) is 0 Å². The Bertz CT molecular complexity index is 615. The van der Waals surface area contributed by atoms with Crippen LogP contribution in [0.5, 0.6) is 11.5 Å². The Hall–Kier alpha value is -1.75. The Kier molecular flexibility index (Phi) is 4.35. The third-order valence-corrected chi connectivity index (χ3v) is 5.45. The molecule has 2 N–H and O–H groups in total. The van der Waals surface area contributed by atoms with Gasteiger partial charge in [0.25, 0.3) is 5.91 Å². The topological polar surface area (TPSA) is 52.0 Å². The van der Waals surface area contributed by atoms with Gasteiger partial charge in [0.2, 0.25) is 0 Å². The highest BCUT2D eigenvalue weighted by molar-refractivity contribution is 5.80. The molecule has 24 heavy (non-hydrogen) atoms. The number of hydrogen-bond acceptors (Lipinski definition) is 3. The van der Waals surface area contributed by atoms with Gasteiger partial charge in [0.05, 0.1) is 19.8 Å². The van der Waals surface area contributed by atoms with Crippen LogP contribution in [0, 0.1) is 0 Å². The molecule has 4 rings (SSSR count). The zero-order valence-electron chi connectivity index (χ0n) is 14.3. The van der Waals surface area contributed by atoms with Crippen molar-refractivity contribution in [1.82, 2.24) is 5.32 Å². The lowest BCUT2D eigenvalue weighted by molar-refractivity contribution is -0.932. The molecule has 2 fully saturated rings. The fourth-order valence-electron chi connectivity index (χ4n) is 3.89. The van der Waals surface area contributed by atoms with E-state index in [9.17, 15) is 4.79 Å². The molecule has 5 nitrogen and oxygen atoms in total. The predicted octanol–water partition coefficient (Wildman–Crippen LogP) is 1.23.